The lowest BCUT2D eigenvalue weighted by Crippen LogP contribution is -2.33. The highest BCUT2D eigenvalue weighted by Crippen LogP contribution is 2.33. The molecule has 0 saturated carbocycles. The van der Waals surface area contributed by atoms with Crippen molar-refractivity contribution in [3.8, 4) is 5.75 Å². The maximum absolute atomic E-state index is 12.0. The standard InChI is InChI=1S/C14H12BrNO5S/c1-2-21-10-4-3-8(5-9(10)15)6-11-13(19)16(7-12(17)18)14(20)22-11/h3-6H,2,7H2,1H3,(H,17,18)/b11-6+. The van der Waals surface area contributed by atoms with Gasteiger partial charge < -0.3 is 9.84 Å². The van der Waals surface area contributed by atoms with Crippen molar-refractivity contribution in [2.45, 2.75) is 6.92 Å². The Bertz CT molecular complexity index is 673. The second kappa shape index (κ2) is 6.97. The number of hydrogen-bond acceptors (Lipinski definition) is 5. The van der Waals surface area contributed by atoms with E-state index in [-0.39, 0.29) is 4.91 Å². The van der Waals surface area contributed by atoms with E-state index < -0.39 is 23.7 Å². The first kappa shape index (κ1) is 16.6. The van der Waals surface area contributed by atoms with Crippen LogP contribution in [0.5, 0.6) is 5.75 Å². The van der Waals surface area contributed by atoms with E-state index >= 15 is 0 Å². The minimum atomic E-state index is -1.23. The molecule has 1 fully saturated rings. The van der Waals surface area contributed by atoms with E-state index in [1.807, 2.05) is 6.92 Å². The van der Waals surface area contributed by atoms with Gasteiger partial charge in [0.05, 0.1) is 16.0 Å². The Morgan fingerprint density at radius 1 is 1.45 bits per heavy atom. The lowest BCUT2D eigenvalue weighted by molar-refractivity contribution is -0.140. The predicted molar refractivity (Wildman–Crippen MR) is 85.6 cm³/mol. The normalized spacial score (nSPS) is 16.5. The molecule has 1 saturated heterocycles. The number of carboxylic acids is 1. The number of halogens is 1. The van der Waals surface area contributed by atoms with Gasteiger partial charge in [0, 0.05) is 0 Å². The summed E-state index contributed by atoms with van der Waals surface area (Å²) in [6, 6.07) is 5.26. The van der Waals surface area contributed by atoms with Gasteiger partial charge in [-0.2, -0.15) is 0 Å². The zero-order chi connectivity index (χ0) is 16.3. The van der Waals surface area contributed by atoms with Gasteiger partial charge in [0.2, 0.25) is 0 Å². The summed E-state index contributed by atoms with van der Waals surface area (Å²) >= 11 is 4.10. The van der Waals surface area contributed by atoms with Gasteiger partial charge in [-0.1, -0.05) is 6.07 Å². The molecule has 1 aromatic rings. The van der Waals surface area contributed by atoms with Crippen LogP contribution in [0.2, 0.25) is 0 Å². The fraction of sp³-hybridized carbons (Fsp3) is 0.214. The van der Waals surface area contributed by atoms with E-state index in [2.05, 4.69) is 15.9 Å². The average Bonchev–Trinajstić information content (AvgIpc) is 2.69. The van der Waals surface area contributed by atoms with Crippen LogP contribution < -0.4 is 4.74 Å². The topological polar surface area (TPSA) is 83.9 Å². The number of benzene rings is 1. The van der Waals surface area contributed by atoms with Crippen LogP contribution >= 0.6 is 27.7 Å². The van der Waals surface area contributed by atoms with Crippen molar-refractivity contribution in [2.24, 2.45) is 0 Å². The number of ether oxygens (including phenoxy) is 1. The molecule has 1 heterocycles. The van der Waals surface area contributed by atoms with E-state index in [1.54, 1.807) is 24.3 Å². The minimum absolute atomic E-state index is 0.197. The third-order valence-corrected chi connectivity index (χ3v) is 4.25. The third kappa shape index (κ3) is 3.69. The van der Waals surface area contributed by atoms with Crippen LogP contribution in [0, 0.1) is 0 Å². The first-order valence-electron chi connectivity index (χ1n) is 6.32. The zero-order valence-corrected chi connectivity index (χ0v) is 13.9. The molecule has 0 bridgehead atoms. The van der Waals surface area contributed by atoms with E-state index in [0.717, 1.165) is 16.2 Å². The van der Waals surface area contributed by atoms with Crippen molar-refractivity contribution in [3.63, 3.8) is 0 Å². The van der Waals surface area contributed by atoms with E-state index in [0.29, 0.717) is 22.8 Å². The molecule has 6 nitrogen and oxygen atoms in total. The average molecular weight is 386 g/mol. The summed E-state index contributed by atoms with van der Waals surface area (Å²) in [5, 5.41) is 8.13. The van der Waals surface area contributed by atoms with Crippen LogP contribution in [0.1, 0.15) is 12.5 Å². The minimum Gasteiger partial charge on any atom is -0.493 e. The van der Waals surface area contributed by atoms with Crippen molar-refractivity contribution >= 4 is 50.9 Å². The van der Waals surface area contributed by atoms with Crippen LogP contribution in [0.25, 0.3) is 6.08 Å². The smallest absolute Gasteiger partial charge is 0.323 e. The van der Waals surface area contributed by atoms with Gasteiger partial charge in [0.25, 0.3) is 11.1 Å². The molecule has 0 aliphatic carbocycles. The fourth-order valence-corrected chi connectivity index (χ4v) is 3.15. The molecule has 1 N–H and O–H groups in total. The summed E-state index contributed by atoms with van der Waals surface area (Å²) in [5.74, 6) is -1.14. The molecule has 0 unspecified atom stereocenters. The fourth-order valence-electron chi connectivity index (χ4n) is 1.80. The molecule has 0 radical (unpaired) electrons. The quantitative estimate of drug-likeness (QED) is 0.784. The Labute approximate surface area is 139 Å². The summed E-state index contributed by atoms with van der Waals surface area (Å²) in [7, 11) is 0. The van der Waals surface area contributed by atoms with Gasteiger partial charge >= 0.3 is 5.97 Å². The van der Waals surface area contributed by atoms with E-state index in [1.165, 1.54) is 0 Å². The second-order valence-electron chi connectivity index (χ2n) is 4.28. The highest BCUT2D eigenvalue weighted by atomic mass is 79.9. The Hall–Kier alpha value is -1.80. The summed E-state index contributed by atoms with van der Waals surface area (Å²) in [4.78, 5) is 35.3. The molecule has 22 heavy (non-hydrogen) atoms. The Morgan fingerprint density at radius 2 is 2.18 bits per heavy atom. The number of rotatable bonds is 5. The lowest BCUT2D eigenvalue weighted by Gasteiger charge is -2.08. The second-order valence-corrected chi connectivity index (χ2v) is 6.13. The van der Waals surface area contributed by atoms with Gasteiger partial charge in [-0.3, -0.25) is 19.3 Å². The van der Waals surface area contributed by atoms with E-state index in [4.69, 9.17) is 9.84 Å². The number of carbonyl (C=O) groups is 3. The predicted octanol–water partition coefficient (Wildman–Crippen LogP) is 2.97. The summed E-state index contributed by atoms with van der Waals surface area (Å²) in [6.45, 7) is 1.78. The van der Waals surface area contributed by atoms with Gasteiger partial charge in [-0.25, -0.2) is 0 Å². The summed E-state index contributed by atoms with van der Waals surface area (Å²) in [6.07, 6.45) is 1.55. The molecule has 8 heteroatoms. The van der Waals surface area contributed by atoms with Crippen LogP contribution in [0.4, 0.5) is 4.79 Å². The molecule has 2 rings (SSSR count). The molecular weight excluding hydrogens is 374 g/mol. The van der Waals surface area contributed by atoms with E-state index in [9.17, 15) is 14.4 Å². The number of thioether (sulfide) groups is 1. The maximum Gasteiger partial charge on any atom is 0.323 e. The largest absolute Gasteiger partial charge is 0.493 e. The zero-order valence-electron chi connectivity index (χ0n) is 11.5. The number of aliphatic carboxylic acids is 1. The molecule has 0 aromatic heterocycles. The number of imide groups is 1. The number of hydrogen-bond donors (Lipinski definition) is 1. The Morgan fingerprint density at radius 3 is 2.77 bits per heavy atom. The van der Waals surface area contributed by atoms with Gasteiger partial charge in [0.15, 0.2) is 0 Å². The highest BCUT2D eigenvalue weighted by Gasteiger charge is 2.36. The number of amides is 2. The molecular formula is C14H12BrNO5S. The number of carbonyl (C=O) groups excluding carboxylic acids is 2. The maximum atomic E-state index is 12.0. The molecule has 0 spiro atoms. The Balaban J connectivity index is 2.23. The monoisotopic (exact) mass is 385 g/mol. The Kier molecular flexibility index (Phi) is 5.25. The molecule has 1 aromatic carbocycles. The number of nitrogens with zero attached hydrogens (tertiary/aromatic N) is 1. The van der Waals surface area contributed by atoms with Crippen LogP contribution in [-0.2, 0) is 9.59 Å². The molecule has 116 valence electrons. The van der Waals surface area contributed by atoms with Crippen LogP contribution in [0.3, 0.4) is 0 Å². The first-order chi connectivity index (χ1) is 10.4. The van der Waals surface area contributed by atoms with Crippen molar-refractivity contribution in [1.29, 1.82) is 0 Å². The first-order valence-corrected chi connectivity index (χ1v) is 7.92. The molecule has 0 atom stereocenters. The number of carboxylic acid groups (broad SMARTS) is 1. The molecule has 1 aliphatic rings. The van der Waals surface area contributed by atoms with Crippen molar-refractivity contribution < 1.29 is 24.2 Å². The summed E-state index contributed by atoms with van der Waals surface area (Å²) in [5.41, 5.74) is 0.705. The lowest BCUT2D eigenvalue weighted by atomic mass is 10.2. The molecule has 2 amide bonds. The van der Waals surface area contributed by atoms with Gasteiger partial charge in [-0.05, 0) is 58.4 Å². The van der Waals surface area contributed by atoms with Gasteiger partial charge in [0.1, 0.15) is 12.3 Å². The van der Waals surface area contributed by atoms with Gasteiger partial charge in [-0.15, -0.1) is 0 Å². The SMILES string of the molecule is CCOc1ccc(/C=C2/SC(=O)N(CC(=O)O)C2=O)cc1Br. The van der Waals surface area contributed by atoms with Crippen molar-refractivity contribution in [1.82, 2.24) is 4.90 Å². The molecule has 1 aliphatic heterocycles. The third-order valence-electron chi connectivity index (χ3n) is 2.72. The van der Waals surface area contributed by atoms with Crippen molar-refractivity contribution in [2.75, 3.05) is 13.2 Å². The van der Waals surface area contributed by atoms with Crippen LogP contribution in [-0.4, -0.2) is 40.3 Å². The van der Waals surface area contributed by atoms with Crippen molar-refractivity contribution in [3.05, 3.63) is 33.1 Å². The highest BCUT2D eigenvalue weighted by molar-refractivity contribution is 9.10. The summed E-state index contributed by atoms with van der Waals surface area (Å²) < 4.78 is 6.12. The van der Waals surface area contributed by atoms with Crippen LogP contribution in [0.15, 0.2) is 27.6 Å².